The molecule has 4 heteroatoms. The summed E-state index contributed by atoms with van der Waals surface area (Å²) < 4.78 is 26.5. The van der Waals surface area contributed by atoms with E-state index in [0.717, 1.165) is 17.5 Å². The highest BCUT2D eigenvalue weighted by atomic mass is 35.5. The summed E-state index contributed by atoms with van der Waals surface area (Å²) in [5, 5.41) is -0.0123. The second kappa shape index (κ2) is 7.60. The Morgan fingerprint density at radius 1 is 1.08 bits per heavy atom. The summed E-state index contributed by atoms with van der Waals surface area (Å²) in [5.41, 5.74) is 2.50. The Balaban J connectivity index is 1.74. The lowest BCUT2D eigenvalue weighted by Crippen LogP contribution is -2.13. The first kappa shape index (κ1) is 17.3. The largest absolute Gasteiger partial charge is 0.250 e. The number of nitrogens with zero attached hydrogens (tertiary/aromatic N) is 1. The summed E-state index contributed by atoms with van der Waals surface area (Å²) in [7, 11) is 0. The monoisotopic (exact) mass is 349 g/mol. The van der Waals surface area contributed by atoms with Gasteiger partial charge in [-0.2, -0.15) is 4.39 Å². The zero-order chi connectivity index (χ0) is 17.1. The molecule has 1 saturated carbocycles. The third-order valence-electron chi connectivity index (χ3n) is 5.12. The van der Waals surface area contributed by atoms with Crippen LogP contribution in [0, 0.1) is 17.7 Å². The predicted octanol–water partition coefficient (Wildman–Crippen LogP) is 6.75. The molecule has 3 rings (SSSR count). The van der Waals surface area contributed by atoms with Crippen molar-refractivity contribution in [3.63, 3.8) is 0 Å². The summed E-state index contributed by atoms with van der Waals surface area (Å²) in [6.45, 7) is 2.25. The molecule has 0 amide bonds. The van der Waals surface area contributed by atoms with E-state index in [1.165, 1.54) is 44.1 Å². The number of aromatic nitrogens is 1. The third kappa shape index (κ3) is 3.77. The lowest BCUT2D eigenvalue weighted by molar-refractivity contribution is 0.308. The summed E-state index contributed by atoms with van der Waals surface area (Å²) in [5.74, 6) is -0.653. The van der Waals surface area contributed by atoms with E-state index in [4.69, 9.17) is 11.6 Å². The van der Waals surface area contributed by atoms with Crippen molar-refractivity contribution in [1.82, 2.24) is 4.98 Å². The number of hydrogen-bond donors (Lipinski definition) is 0. The van der Waals surface area contributed by atoms with Crippen LogP contribution in [0.15, 0.2) is 30.3 Å². The quantitative estimate of drug-likeness (QED) is 0.556. The van der Waals surface area contributed by atoms with Crippen LogP contribution in [0.25, 0.3) is 11.1 Å². The summed E-state index contributed by atoms with van der Waals surface area (Å²) in [6, 6.07) is 9.12. The Bertz CT molecular complexity index is 692. The molecule has 0 saturated heterocycles. The zero-order valence-electron chi connectivity index (χ0n) is 13.9. The van der Waals surface area contributed by atoms with Crippen LogP contribution in [0.1, 0.15) is 56.9 Å². The molecule has 1 aromatic heterocycles. The van der Waals surface area contributed by atoms with E-state index < -0.39 is 11.8 Å². The van der Waals surface area contributed by atoms with Crippen LogP contribution in [0.4, 0.5) is 8.78 Å². The number of hydrogen-bond acceptors (Lipinski definition) is 1. The maximum atomic E-state index is 13.4. The minimum Gasteiger partial charge on any atom is -0.205 e. The predicted molar refractivity (Wildman–Crippen MR) is 94.2 cm³/mol. The van der Waals surface area contributed by atoms with E-state index in [1.807, 2.05) is 12.1 Å². The second-order valence-corrected chi connectivity index (χ2v) is 7.09. The van der Waals surface area contributed by atoms with Crippen molar-refractivity contribution in [3.05, 3.63) is 52.8 Å². The molecule has 1 heterocycles. The van der Waals surface area contributed by atoms with Gasteiger partial charge < -0.3 is 0 Å². The first-order chi connectivity index (χ1) is 11.6. The maximum Gasteiger partial charge on any atom is 0.250 e. The molecule has 0 unspecified atom stereocenters. The maximum absolute atomic E-state index is 13.4. The Hall–Kier alpha value is -1.48. The number of pyridine rings is 1. The van der Waals surface area contributed by atoms with Gasteiger partial charge in [0.05, 0.1) is 0 Å². The SMILES string of the molecule is CCC[C@H]1CC[C@H](c2ccc(-c3cc(F)c(F)nc3Cl)cc2)CC1. The molecule has 1 nitrogen and oxygen atoms in total. The number of benzene rings is 1. The second-order valence-electron chi connectivity index (χ2n) is 6.73. The van der Waals surface area contributed by atoms with Crippen molar-refractivity contribution >= 4 is 11.6 Å². The van der Waals surface area contributed by atoms with E-state index in [1.54, 1.807) is 0 Å². The first-order valence-corrected chi connectivity index (χ1v) is 9.08. The van der Waals surface area contributed by atoms with Crippen LogP contribution in [-0.2, 0) is 0 Å². The zero-order valence-corrected chi connectivity index (χ0v) is 14.6. The van der Waals surface area contributed by atoms with Gasteiger partial charge in [0.25, 0.3) is 0 Å². The first-order valence-electron chi connectivity index (χ1n) is 8.70. The molecule has 1 aromatic carbocycles. The molecule has 2 aromatic rings. The molecule has 1 aliphatic carbocycles. The van der Waals surface area contributed by atoms with Gasteiger partial charge in [-0.25, -0.2) is 9.37 Å². The molecule has 0 radical (unpaired) electrons. The molecule has 0 aliphatic heterocycles. The molecule has 0 N–H and O–H groups in total. The fourth-order valence-corrected chi connectivity index (χ4v) is 4.01. The highest BCUT2D eigenvalue weighted by Gasteiger charge is 2.22. The average molecular weight is 350 g/mol. The topological polar surface area (TPSA) is 12.9 Å². The summed E-state index contributed by atoms with van der Waals surface area (Å²) in [4.78, 5) is 3.41. The molecular weight excluding hydrogens is 328 g/mol. The summed E-state index contributed by atoms with van der Waals surface area (Å²) in [6.07, 6.45) is 7.69. The molecule has 0 atom stereocenters. The molecule has 0 spiro atoms. The van der Waals surface area contributed by atoms with Gasteiger partial charge in [-0.15, -0.1) is 0 Å². The lowest BCUT2D eigenvalue weighted by Gasteiger charge is -2.28. The normalized spacial score (nSPS) is 21.0. The molecule has 1 aliphatic rings. The fraction of sp³-hybridized carbons (Fsp3) is 0.450. The van der Waals surface area contributed by atoms with Crippen LogP contribution in [0.2, 0.25) is 5.15 Å². The van der Waals surface area contributed by atoms with Crippen LogP contribution < -0.4 is 0 Å². The van der Waals surface area contributed by atoms with Crippen molar-refractivity contribution in [2.45, 2.75) is 51.4 Å². The number of halogens is 3. The van der Waals surface area contributed by atoms with Crippen molar-refractivity contribution in [3.8, 4) is 11.1 Å². The van der Waals surface area contributed by atoms with Gasteiger partial charge in [0.15, 0.2) is 5.82 Å². The van der Waals surface area contributed by atoms with Gasteiger partial charge in [-0.05, 0) is 54.7 Å². The highest BCUT2D eigenvalue weighted by molar-refractivity contribution is 6.32. The van der Waals surface area contributed by atoms with Gasteiger partial charge in [0, 0.05) is 5.56 Å². The molecular formula is C20H22ClF2N. The lowest BCUT2D eigenvalue weighted by atomic mass is 9.77. The van der Waals surface area contributed by atoms with E-state index in [9.17, 15) is 8.78 Å². The molecule has 128 valence electrons. The molecule has 24 heavy (non-hydrogen) atoms. The van der Waals surface area contributed by atoms with E-state index in [0.29, 0.717) is 11.5 Å². The van der Waals surface area contributed by atoms with Crippen molar-refractivity contribution < 1.29 is 8.78 Å². The van der Waals surface area contributed by atoms with E-state index in [-0.39, 0.29) is 5.15 Å². The summed E-state index contributed by atoms with van der Waals surface area (Å²) >= 11 is 5.95. The standard InChI is InChI=1S/C20H22ClF2N/c1-2-3-13-4-6-14(7-5-13)15-8-10-16(11-9-15)17-12-18(22)20(23)24-19(17)21/h8-14H,2-7H2,1H3/t13-,14-. The molecule has 0 bridgehead atoms. The average Bonchev–Trinajstić information content (AvgIpc) is 2.59. The minimum atomic E-state index is -1.16. The van der Waals surface area contributed by atoms with Crippen LogP contribution in [-0.4, -0.2) is 4.98 Å². The van der Waals surface area contributed by atoms with E-state index >= 15 is 0 Å². The smallest absolute Gasteiger partial charge is 0.205 e. The van der Waals surface area contributed by atoms with Crippen molar-refractivity contribution in [2.24, 2.45) is 5.92 Å². The minimum absolute atomic E-state index is 0.0123. The van der Waals surface area contributed by atoms with Gasteiger partial charge >= 0.3 is 0 Å². The Morgan fingerprint density at radius 3 is 2.38 bits per heavy atom. The number of rotatable bonds is 4. The Morgan fingerprint density at radius 2 is 1.75 bits per heavy atom. The third-order valence-corrected chi connectivity index (χ3v) is 5.41. The van der Waals surface area contributed by atoms with Crippen LogP contribution in [0.5, 0.6) is 0 Å². The van der Waals surface area contributed by atoms with Gasteiger partial charge in [0.1, 0.15) is 5.15 Å². The van der Waals surface area contributed by atoms with Gasteiger partial charge in [-0.1, -0.05) is 55.6 Å². The Labute approximate surface area is 147 Å². The van der Waals surface area contributed by atoms with Crippen LogP contribution >= 0.6 is 11.6 Å². The van der Waals surface area contributed by atoms with Gasteiger partial charge in [0.2, 0.25) is 5.95 Å². The van der Waals surface area contributed by atoms with Gasteiger partial charge in [-0.3, -0.25) is 0 Å². The Kier molecular flexibility index (Phi) is 5.50. The van der Waals surface area contributed by atoms with Crippen molar-refractivity contribution in [1.29, 1.82) is 0 Å². The van der Waals surface area contributed by atoms with Crippen molar-refractivity contribution in [2.75, 3.05) is 0 Å². The highest BCUT2D eigenvalue weighted by Crippen LogP contribution is 2.38. The molecule has 1 fully saturated rings. The fourth-order valence-electron chi connectivity index (χ4n) is 3.78. The van der Waals surface area contributed by atoms with Crippen LogP contribution in [0.3, 0.4) is 0 Å². The van der Waals surface area contributed by atoms with E-state index in [2.05, 4.69) is 24.0 Å².